The first-order chi connectivity index (χ1) is 16.8. The highest BCUT2D eigenvalue weighted by atomic mass is 16.7. The summed E-state index contributed by atoms with van der Waals surface area (Å²) >= 11 is 0. The molecular formula is C28H38O7. The van der Waals surface area contributed by atoms with E-state index in [0.29, 0.717) is 31.5 Å². The second-order valence-electron chi connectivity index (χ2n) is 12.1. The smallest absolute Gasteiger partial charge is 0.173 e. The van der Waals surface area contributed by atoms with Gasteiger partial charge in [-0.1, -0.05) is 25.2 Å². The molecule has 7 heteroatoms. The summed E-state index contributed by atoms with van der Waals surface area (Å²) in [5.74, 6) is 1.44. The third-order valence-electron chi connectivity index (χ3n) is 10.4. The van der Waals surface area contributed by atoms with Crippen molar-refractivity contribution in [2.75, 3.05) is 20.3 Å². The molecule has 4 fully saturated rings. The van der Waals surface area contributed by atoms with Crippen LogP contribution in [0, 0.1) is 22.7 Å². The van der Waals surface area contributed by atoms with Gasteiger partial charge in [-0.05, 0) is 62.0 Å². The Morgan fingerprint density at radius 3 is 2.80 bits per heavy atom. The highest BCUT2D eigenvalue weighted by Crippen LogP contribution is 2.68. The van der Waals surface area contributed by atoms with Crippen LogP contribution in [0.1, 0.15) is 52.9 Å². The minimum Gasteiger partial charge on any atom is -0.491 e. The lowest BCUT2D eigenvalue weighted by Gasteiger charge is -2.50. The van der Waals surface area contributed by atoms with E-state index in [0.717, 1.165) is 25.7 Å². The van der Waals surface area contributed by atoms with E-state index in [2.05, 4.69) is 32.1 Å². The summed E-state index contributed by atoms with van der Waals surface area (Å²) in [7, 11) is 1.64. The summed E-state index contributed by atoms with van der Waals surface area (Å²) in [6.07, 6.45) is 10.3. The first-order valence-electron chi connectivity index (χ1n) is 13.4. The van der Waals surface area contributed by atoms with Gasteiger partial charge in [0.25, 0.3) is 0 Å². The molecule has 1 N–H and O–H groups in total. The number of aliphatic hydroxyl groups is 1. The highest BCUT2D eigenvalue weighted by Gasteiger charge is 2.72. The van der Waals surface area contributed by atoms with Crippen LogP contribution in [0.4, 0.5) is 0 Å². The molecule has 0 amide bonds. The number of allylic oxidation sites excluding steroid dienone is 4. The SMILES string of the molecule is CO[C@@H]1C[C@H](O[C@@H]2C=C3C=CC4=C5O[C@@H]6CO[C@]7(C)OC[C@@]5(CC[C@@H]4[C@@]3(C)CC2)[C@H]67)O[C@H](C)[C@H]1O. The molecule has 0 aromatic rings. The molecule has 4 aliphatic heterocycles. The van der Waals surface area contributed by atoms with Crippen LogP contribution in [-0.4, -0.2) is 68.0 Å². The van der Waals surface area contributed by atoms with Crippen molar-refractivity contribution in [1.29, 1.82) is 0 Å². The molecule has 0 saturated carbocycles. The summed E-state index contributed by atoms with van der Waals surface area (Å²) in [5.41, 5.74) is 2.80. The molecule has 4 heterocycles. The van der Waals surface area contributed by atoms with Crippen molar-refractivity contribution >= 4 is 0 Å². The molecule has 0 radical (unpaired) electrons. The minimum absolute atomic E-state index is 0.0000131. The molecule has 3 aliphatic carbocycles. The van der Waals surface area contributed by atoms with E-state index in [1.54, 1.807) is 7.11 Å². The lowest BCUT2D eigenvalue weighted by molar-refractivity contribution is -0.259. The average Bonchev–Trinajstić information content (AvgIpc) is 3.46. The van der Waals surface area contributed by atoms with Gasteiger partial charge in [0.2, 0.25) is 0 Å². The fourth-order valence-electron chi connectivity index (χ4n) is 8.46. The quantitative estimate of drug-likeness (QED) is 0.653. The van der Waals surface area contributed by atoms with Crippen LogP contribution >= 0.6 is 0 Å². The van der Waals surface area contributed by atoms with E-state index >= 15 is 0 Å². The molecular weight excluding hydrogens is 448 g/mol. The van der Waals surface area contributed by atoms with Crippen molar-refractivity contribution in [3.05, 3.63) is 35.1 Å². The largest absolute Gasteiger partial charge is 0.491 e. The van der Waals surface area contributed by atoms with Crippen LogP contribution in [0.25, 0.3) is 0 Å². The van der Waals surface area contributed by atoms with Crippen LogP contribution in [0.5, 0.6) is 0 Å². The Kier molecular flexibility index (Phi) is 5.01. The fraction of sp³-hybridized carbons (Fsp3) is 0.786. The van der Waals surface area contributed by atoms with Gasteiger partial charge in [-0.15, -0.1) is 0 Å². The predicted octanol–water partition coefficient (Wildman–Crippen LogP) is 3.62. The molecule has 1 spiro atoms. The maximum Gasteiger partial charge on any atom is 0.173 e. The van der Waals surface area contributed by atoms with E-state index in [1.807, 2.05) is 6.92 Å². The van der Waals surface area contributed by atoms with Crippen molar-refractivity contribution in [3.8, 4) is 0 Å². The first kappa shape index (κ1) is 22.9. The highest BCUT2D eigenvalue weighted by molar-refractivity contribution is 5.48. The Labute approximate surface area is 207 Å². The molecule has 7 aliphatic rings. The Morgan fingerprint density at radius 2 is 1.97 bits per heavy atom. The van der Waals surface area contributed by atoms with Gasteiger partial charge in [0.1, 0.15) is 18.0 Å². The van der Waals surface area contributed by atoms with Crippen LogP contribution in [0.2, 0.25) is 0 Å². The Hall–Kier alpha value is -1.22. The molecule has 7 nitrogen and oxygen atoms in total. The van der Waals surface area contributed by atoms with Gasteiger partial charge in [-0.25, -0.2) is 0 Å². The van der Waals surface area contributed by atoms with Crippen molar-refractivity contribution in [3.63, 3.8) is 0 Å². The van der Waals surface area contributed by atoms with Crippen molar-refractivity contribution in [1.82, 2.24) is 0 Å². The third-order valence-corrected chi connectivity index (χ3v) is 10.4. The lowest BCUT2D eigenvalue weighted by atomic mass is 9.54. The van der Waals surface area contributed by atoms with E-state index in [1.165, 1.54) is 16.9 Å². The zero-order valence-electron chi connectivity index (χ0n) is 21.2. The standard InChI is InChI=1S/C28H38O7/c1-15-23(29)20(30-4)12-22(33-15)34-17-7-9-26(2)16(11-17)5-6-18-19(26)8-10-28-14-32-27(3)24(28)21(13-31-27)35-25(18)28/h5-6,11,15,17,19-24,29H,7-10,12-14H2,1-4H3/t15-,17+,19+,20-,21-,22+,23-,24-,26+,27-,28+/m1/s1. The monoisotopic (exact) mass is 486 g/mol. The number of hydrogen-bond acceptors (Lipinski definition) is 7. The van der Waals surface area contributed by atoms with Crippen LogP contribution in [-0.2, 0) is 28.4 Å². The number of ether oxygens (including phenoxy) is 6. The number of rotatable bonds is 3. The molecule has 0 bridgehead atoms. The van der Waals surface area contributed by atoms with Crippen molar-refractivity contribution in [2.24, 2.45) is 22.7 Å². The maximum absolute atomic E-state index is 10.3. The van der Waals surface area contributed by atoms with Gasteiger partial charge in [0.05, 0.1) is 42.9 Å². The first-order valence-corrected chi connectivity index (χ1v) is 13.4. The number of methoxy groups -OCH3 is 1. The topological polar surface area (TPSA) is 75.6 Å². The molecule has 0 unspecified atom stereocenters. The van der Waals surface area contributed by atoms with Crippen molar-refractivity contribution in [2.45, 2.75) is 95.5 Å². The Morgan fingerprint density at radius 1 is 1.11 bits per heavy atom. The maximum atomic E-state index is 10.3. The van der Waals surface area contributed by atoms with E-state index < -0.39 is 11.9 Å². The van der Waals surface area contributed by atoms with Gasteiger partial charge < -0.3 is 33.5 Å². The van der Waals surface area contributed by atoms with E-state index in [-0.39, 0.29) is 41.5 Å². The summed E-state index contributed by atoms with van der Waals surface area (Å²) < 4.78 is 36.8. The molecule has 0 aromatic carbocycles. The Bertz CT molecular complexity index is 1000. The van der Waals surface area contributed by atoms with E-state index in [4.69, 9.17) is 28.4 Å². The molecule has 192 valence electrons. The van der Waals surface area contributed by atoms with Gasteiger partial charge in [-0.3, -0.25) is 0 Å². The fourth-order valence-corrected chi connectivity index (χ4v) is 8.46. The van der Waals surface area contributed by atoms with Gasteiger partial charge >= 0.3 is 0 Å². The van der Waals surface area contributed by atoms with E-state index in [9.17, 15) is 5.11 Å². The van der Waals surface area contributed by atoms with Gasteiger partial charge in [0.15, 0.2) is 12.1 Å². The third kappa shape index (κ3) is 3.06. The number of fused-ring (bicyclic) bond motifs is 3. The Balaban J connectivity index is 1.16. The van der Waals surface area contributed by atoms with Gasteiger partial charge in [0, 0.05) is 13.5 Å². The predicted molar refractivity (Wildman–Crippen MR) is 126 cm³/mol. The van der Waals surface area contributed by atoms with Crippen molar-refractivity contribution < 1.29 is 33.5 Å². The van der Waals surface area contributed by atoms with Crippen LogP contribution in [0.3, 0.4) is 0 Å². The molecule has 7 rings (SSSR count). The molecule has 11 atom stereocenters. The molecule has 4 saturated heterocycles. The zero-order chi connectivity index (χ0) is 24.2. The van der Waals surface area contributed by atoms with Crippen LogP contribution in [0.15, 0.2) is 35.1 Å². The lowest BCUT2D eigenvalue weighted by Crippen LogP contribution is -2.49. The average molecular weight is 487 g/mol. The second kappa shape index (κ2) is 7.65. The summed E-state index contributed by atoms with van der Waals surface area (Å²) in [6.45, 7) is 7.73. The zero-order valence-corrected chi connectivity index (χ0v) is 21.2. The molecule has 0 aromatic heterocycles. The van der Waals surface area contributed by atoms with Crippen LogP contribution < -0.4 is 0 Å². The second-order valence-corrected chi connectivity index (χ2v) is 12.1. The normalized spacial score (nSPS) is 54.0. The van der Waals surface area contributed by atoms with Gasteiger partial charge in [-0.2, -0.15) is 0 Å². The summed E-state index contributed by atoms with van der Waals surface area (Å²) in [4.78, 5) is 0. The summed E-state index contributed by atoms with van der Waals surface area (Å²) in [6, 6.07) is 0. The number of aliphatic hydroxyl groups excluding tert-OH is 1. The minimum atomic E-state index is -0.623. The summed E-state index contributed by atoms with van der Waals surface area (Å²) in [5, 5.41) is 10.3. The number of hydrogen-bond donors (Lipinski definition) is 1. The molecule has 35 heavy (non-hydrogen) atoms.